The zero-order valence-corrected chi connectivity index (χ0v) is 13.5. The van der Waals surface area contributed by atoms with Crippen molar-refractivity contribution in [1.82, 2.24) is 9.29 Å². The summed E-state index contributed by atoms with van der Waals surface area (Å²) in [4.78, 5) is 4.88. The zero-order valence-electron chi connectivity index (χ0n) is 11.2. The van der Waals surface area contributed by atoms with Gasteiger partial charge in [0.1, 0.15) is 10.0 Å². The molecule has 7 heteroatoms. The molecule has 0 saturated carbocycles. The molecule has 20 heavy (non-hydrogen) atoms. The standard InChI is InChI=1S/C13H15ClN2O2S2/c1-10(2)16(9-11-5-4-8-19-11)20(17,18)12-6-3-7-15-13(12)14/h3-8,10H,9H2,1-2H3. The van der Waals surface area contributed by atoms with Crippen LogP contribution in [0.5, 0.6) is 0 Å². The van der Waals surface area contributed by atoms with Gasteiger partial charge in [0.05, 0.1) is 0 Å². The van der Waals surface area contributed by atoms with Crippen LogP contribution >= 0.6 is 22.9 Å². The van der Waals surface area contributed by atoms with Gasteiger partial charge in [-0.05, 0) is 37.4 Å². The number of sulfonamides is 1. The molecule has 2 heterocycles. The van der Waals surface area contributed by atoms with Gasteiger partial charge in [-0.2, -0.15) is 4.31 Å². The summed E-state index contributed by atoms with van der Waals surface area (Å²) in [5.41, 5.74) is 0. The fraction of sp³-hybridized carbons (Fsp3) is 0.308. The Bertz CT molecular complexity index is 669. The number of hydrogen-bond acceptors (Lipinski definition) is 4. The van der Waals surface area contributed by atoms with Gasteiger partial charge in [-0.15, -0.1) is 11.3 Å². The molecular weight excluding hydrogens is 316 g/mol. The first-order valence-corrected chi connectivity index (χ1v) is 8.77. The summed E-state index contributed by atoms with van der Waals surface area (Å²) in [6.07, 6.45) is 1.47. The van der Waals surface area contributed by atoms with E-state index in [0.29, 0.717) is 6.54 Å². The van der Waals surface area contributed by atoms with Crippen molar-refractivity contribution in [3.8, 4) is 0 Å². The smallest absolute Gasteiger partial charge is 0.243 e. The summed E-state index contributed by atoms with van der Waals surface area (Å²) < 4.78 is 26.9. The second-order valence-corrected chi connectivity index (χ2v) is 7.76. The van der Waals surface area contributed by atoms with Crippen LogP contribution in [-0.2, 0) is 16.6 Å². The molecule has 0 unspecified atom stereocenters. The van der Waals surface area contributed by atoms with Crippen molar-refractivity contribution in [2.75, 3.05) is 0 Å². The Kier molecular flexibility index (Phi) is 4.80. The van der Waals surface area contributed by atoms with Crippen LogP contribution < -0.4 is 0 Å². The predicted molar refractivity (Wildman–Crippen MR) is 81.4 cm³/mol. The van der Waals surface area contributed by atoms with E-state index in [0.717, 1.165) is 4.88 Å². The molecular formula is C13H15ClN2O2S2. The average molecular weight is 331 g/mol. The largest absolute Gasteiger partial charge is 0.246 e. The first-order valence-electron chi connectivity index (χ1n) is 6.07. The fourth-order valence-electron chi connectivity index (χ4n) is 1.79. The summed E-state index contributed by atoms with van der Waals surface area (Å²) in [6.45, 7) is 4.02. The van der Waals surface area contributed by atoms with E-state index >= 15 is 0 Å². The number of aromatic nitrogens is 1. The van der Waals surface area contributed by atoms with Crippen LogP contribution in [0.3, 0.4) is 0 Å². The highest BCUT2D eigenvalue weighted by Crippen LogP contribution is 2.26. The van der Waals surface area contributed by atoms with Crippen molar-refractivity contribution in [3.63, 3.8) is 0 Å². The van der Waals surface area contributed by atoms with Gasteiger partial charge in [-0.3, -0.25) is 0 Å². The van der Waals surface area contributed by atoms with Crippen LogP contribution in [0, 0.1) is 0 Å². The van der Waals surface area contributed by atoms with Gasteiger partial charge in [0.25, 0.3) is 0 Å². The topological polar surface area (TPSA) is 50.3 Å². The van der Waals surface area contributed by atoms with Gasteiger partial charge in [0.15, 0.2) is 0 Å². The van der Waals surface area contributed by atoms with Crippen LogP contribution in [0.4, 0.5) is 0 Å². The Balaban J connectivity index is 2.40. The molecule has 0 bridgehead atoms. The summed E-state index contributed by atoms with van der Waals surface area (Å²) in [5.74, 6) is 0. The monoisotopic (exact) mass is 330 g/mol. The number of thiophene rings is 1. The van der Waals surface area contributed by atoms with Gasteiger partial charge in [0.2, 0.25) is 10.0 Å². The van der Waals surface area contributed by atoms with E-state index < -0.39 is 10.0 Å². The number of nitrogens with zero attached hydrogens (tertiary/aromatic N) is 2. The van der Waals surface area contributed by atoms with Gasteiger partial charge in [0, 0.05) is 23.7 Å². The van der Waals surface area contributed by atoms with Crippen LogP contribution in [0.15, 0.2) is 40.7 Å². The lowest BCUT2D eigenvalue weighted by molar-refractivity contribution is 0.350. The molecule has 0 atom stereocenters. The van der Waals surface area contributed by atoms with E-state index in [-0.39, 0.29) is 16.1 Å². The van der Waals surface area contributed by atoms with Crippen molar-refractivity contribution in [2.24, 2.45) is 0 Å². The van der Waals surface area contributed by atoms with Crippen molar-refractivity contribution in [3.05, 3.63) is 45.9 Å². The highest BCUT2D eigenvalue weighted by Gasteiger charge is 2.29. The van der Waals surface area contributed by atoms with Crippen LogP contribution in [0.1, 0.15) is 18.7 Å². The number of rotatable bonds is 5. The van der Waals surface area contributed by atoms with Crippen molar-refractivity contribution in [1.29, 1.82) is 0 Å². The first kappa shape index (κ1) is 15.4. The highest BCUT2D eigenvalue weighted by atomic mass is 35.5. The van der Waals surface area contributed by atoms with E-state index in [1.165, 1.54) is 27.9 Å². The molecule has 0 saturated heterocycles. The predicted octanol–water partition coefficient (Wildman–Crippen LogP) is 3.40. The van der Waals surface area contributed by atoms with Crippen LogP contribution in [-0.4, -0.2) is 23.7 Å². The van der Waals surface area contributed by atoms with Crippen LogP contribution in [0.2, 0.25) is 5.15 Å². The molecule has 2 rings (SSSR count). The molecule has 2 aromatic rings. The average Bonchev–Trinajstić information content (AvgIpc) is 2.88. The van der Waals surface area contributed by atoms with E-state index in [9.17, 15) is 8.42 Å². The minimum Gasteiger partial charge on any atom is -0.243 e. The molecule has 4 nitrogen and oxygen atoms in total. The normalized spacial score (nSPS) is 12.2. The Morgan fingerprint density at radius 1 is 1.35 bits per heavy atom. The minimum atomic E-state index is -3.66. The van der Waals surface area contributed by atoms with Gasteiger partial charge in [-0.1, -0.05) is 17.7 Å². The second-order valence-electron chi connectivity index (χ2n) is 4.52. The van der Waals surface area contributed by atoms with E-state index in [2.05, 4.69) is 4.98 Å². The third-order valence-corrected chi connectivity index (χ3v) is 6.11. The highest BCUT2D eigenvalue weighted by molar-refractivity contribution is 7.89. The SMILES string of the molecule is CC(C)N(Cc1cccs1)S(=O)(=O)c1cccnc1Cl. The molecule has 0 spiro atoms. The number of pyridine rings is 1. The molecule has 0 aromatic carbocycles. The summed E-state index contributed by atoms with van der Waals surface area (Å²) in [5, 5.41) is 1.93. The third kappa shape index (κ3) is 3.20. The van der Waals surface area contributed by atoms with E-state index in [1.807, 2.05) is 31.4 Å². The zero-order chi connectivity index (χ0) is 14.8. The molecule has 0 N–H and O–H groups in total. The molecule has 0 aliphatic heterocycles. The summed E-state index contributed by atoms with van der Waals surface area (Å²) >= 11 is 7.45. The summed E-state index contributed by atoms with van der Waals surface area (Å²) in [7, 11) is -3.66. The number of hydrogen-bond donors (Lipinski definition) is 0. The Morgan fingerprint density at radius 3 is 2.65 bits per heavy atom. The summed E-state index contributed by atoms with van der Waals surface area (Å²) in [6, 6.07) is 6.71. The van der Waals surface area contributed by atoms with Gasteiger partial charge < -0.3 is 0 Å². The number of halogens is 1. The maximum atomic E-state index is 12.7. The Labute approximate surface area is 128 Å². The molecule has 0 amide bonds. The van der Waals surface area contributed by atoms with Crippen LogP contribution in [0.25, 0.3) is 0 Å². The molecule has 0 aliphatic rings. The maximum absolute atomic E-state index is 12.7. The molecule has 0 aliphatic carbocycles. The first-order chi connectivity index (χ1) is 9.43. The minimum absolute atomic E-state index is 0.00401. The van der Waals surface area contributed by atoms with E-state index in [1.54, 1.807) is 6.07 Å². The molecule has 0 radical (unpaired) electrons. The second kappa shape index (κ2) is 6.22. The van der Waals surface area contributed by atoms with E-state index in [4.69, 9.17) is 11.6 Å². The van der Waals surface area contributed by atoms with Crippen molar-refractivity contribution in [2.45, 2.75) is 31.3 Å². The lowest BCUT2D eigenvalue weighted by Crippen LogP contribution is -2.36. The maximum Gasteiger partial charge on any atom is 0.246 e. The Hall–Kier alpha value is -0.950. The molecule has 108 valence electrons. The van der Waals surface area contributed by atoms with Gasteiger partial charge in [-0.25, -0.2) is 13.4 Å². The lowest BCUT2D eigenvalue weighted by Gasteiger charge is -2.25. The molecule has 2 aromatic heterocycles. The fourth-order valence-corrected chi connectivity index (χ4v) is 4.62. The Morgan fingerprint density at radius 2 is 2.10 bits per heavy atom. The molecule has 0 fully saturated rings. The lowest BCUT2D eigenvalue weighted by atomic mass is 10.4. The quantitative estimate of drug-likeness (QED) is 0.789. The van der Waals surface area contributed by atoms with Crippen molar-refractivity contribution < 1.29 is 8.42 Å². The van der Waals surface area contributed by atoms with Crippen molar-refractivity contribution >= 4 is 33.0 Å². The third-order valence-electron chi connectivity index (χ3n) is 2.78. The van der Waals surface area contributed by atoms with Gasteiger partial charge >= 0.3 is 0 Å².